The Kier molecular flexibility index (Phi) is 3.59. The molecule has 2 aromatic rings. The SMILES string of the molecule is CC(=O)CNSc1ccc2ccccc2c1. The molecule has 3 heteroatoms. The average Bonchev–Trinajstić information content (AvgIpc) is 2.28. The average molecular weight is 231 g/mol. The van der Waals surface area contributed by atoms with Gasteiger partial charge < -0.3 is 0 Å². The van der Waals surface area contributed by atoms with E-state index < -0.39 is 0 Å². The molecule has 82 valence electrons. The Bertz CT molecular complexity index is 510. The van der Waals surface area contributed by atoms with Crippen LogP contribution in [0.4, 0.5) is 0 Å². The summed E-state index contributed by atoms with van der Waals surface area (Å²) in [5, 5.41) is 2.45. The van der Waals surface area contributed by atoms with E-state index in [0.29, 0.717) is 6.54 Å². The number of nitrogens with one attached hydrogen (secondary N) is 1. The Morgan fingerprint density at radius 1 is 1.19 bits per heavy atom. The Hall–Kier alpha value is -1.32. The third-order valence-electron chi connectivity index (χ3n) is 2.23. The maximum atomic E-state index is 10.8. The fraction of sp³-hybridized carbons (Fsp3) is 0.154. The highest BCUT2D eigenvalue weighted by Crippen LogP contribution is 2.21. The van der Waals surface area contributed by atoms with Crippen LogP contribution in [0.5, 0.6) is 0 Å². The summed E-state index contributed by atoms with van der Waals surface area (Å²) in [5.74, 6) is 0.147. The third kappa shape index (κ3) is 2.84. The second-order valence-electron chi connectivity index (χ2n) is 3.63. The molecule has 0 aromatic heterocycles. The van der Waals surface area contributed by atoms with E-state index in [1.165, 1.54) is 22.7 Å². The van der Waals surface area contributed by atoms with Crippen LogP contribution in [-0.2, 0) is 4.79 Å². The zero-order chi connectivity index (χ0) is 11.4. The maximum absolute atomic E-state index is 10.8. The van der Waals surface area contributed by atoms with Gasteiger partial charge in [-0.1, -0.05) is 30.3 Å². The van der Waals surface area contributed by atoms with Crippen LogP contribution in [0.2, 0.25) is 0 Å². The van der Waals surface area contributed by atoms with Gasteiger partial charge in [-0.3, -0.25) is 9.52 Å². The minimum absolute atomic E-state index is 0.147. The van der Waals surface area contributed by atoms with Gasteiger partial charge in [0.2, 0.25) is 0 Å². The summed E-state index contributed by atoms with van der Waals surface area (Å²) in [4.78, 5) is 11.9. The molecule has 2 nitrogen and oxygen atoms in total. The second kappa shape index (κ2) is 5.14. The van der Waals surface area contributed by atoms with Crippen LogP contribution in [-0.4, -0.2) is 12.3 Å². The predicted molar refractivity (Wildman–Crippen MR) is 68.5 cm³/mol. The number of ketones is 1. The van der Waals surface area contributed by atoms with E-state index in [4.69, 9.17) is 0 Å². The van der Waals surface area contributed by atoms with E-state index >= 15 is 0 Å². The van der Waals surface area contributed by atoms with Crippen LogP contribution in [0.3, 0.4) is 0 Å². The normalized spacial score (nSPS) is 10.6. The Morgan fingerprint density at radius 3 is 2.69 bits per heavy atom. The number of carbonyl (C=O) groups is 1. The molecule has 0 aliphatic heterocycles. The van der Waals surface area contributed by atoms with Gasteiger partial charge in [-0.05, 0) is 41.8 Å². The van der Waals surface area contributed by atoms with Crippen molar-refractivity contribution in [2.75, 3.05) is 6.54 Å². The zero-order valence-electron chi connectivity index (χ0n) is 9.07. The Labute approximate surface area is 99.2 Å². The molecule has 0 amide bonds. The molecular weight excluding hydrogens is 218 g/mol. The quantitative estimate of drug-likeness (QED) is 0.820. The third-order valence-corrected chi connectivity index (χ3v) is 3.01. The van der Waals surface area contributed by atoms with Gasteiger partial charge in [0.15, 0.2) is 0 Å². The fourth-order valence-corrected chi connectivity index (χ4v) is 2.22. The largest absolute Gasteiger partial charge is 0.299 e. The van der Waals surface area contributed by atoms with Gasteiger partial charge in [0.25, 0.3) is 0 Å². The van der Waals surface area contributed by atoms with Crippen molar-refractivity contribution in [3.05, 3.63) is 42.5 Å². The molecule has 0 saturated carbocycles. The first-order valence-corrected chi connectivity index (χ1v) is 5.95. The van der Waals surface area contributed by atoms with Gasteiger partial charge >= 0.3 is 0 Å². The molecule has 0 heterocycles. The van der Waals surface area contributed by atoms with Crippen molar-refractivity contribution in [3.8, 4) is 0 Å². The lowest BCUT2D eigenvalue weighted by Gasteiger charge is -2.03. The van der Waals surface area contributed by atoms with Crippen LogP contribution in [0.15, 0.2) is 47.4 Å². The van der Waals surface area contributed by atoms with Gasteiger partial charge in [-0.2, -0.15) is 0 Å². The summed E-state index contributed by atoms with van der Waals surface area (Å²) < 4.78 is 3.03. The molecule has 2 aromatic carbocycles. The van der Waals surface area contributed by atoms with Crippen LogP contribution >= 0.6 is 11.9 Å². The lowest BCUT2D eigenvalue weighted by atomic mass is 10.1. The van der Waals surface area contributed by atoms with Crippen LogP contribution in [0, 0.1) is 0 Å². The molecule has 0 saturated heterocycles. The number of rotatable bonds is 4. The number of Topliss-reactive ketones (excluding diaryl/α,β-unsaturated/α-hetero) is 1. The second-order valence-corrected chi connectivity index (χ2v) is 4.60. The molecule has 0 spiro atoms. The molecule has 0 unspecified atom stereocenters. The Balaban J connectivity index is 2.10. The smallest absolute Gasteiger partial charge is 0.144 e. The summed E-state index contributed by atoms with van der Waals surface area (Å²) in [5.41, 5.74) is 0. The minimum atomic E-state index is 0.147. The highest BCUT2D eigenvalue weighted by molar-refractivity contribution is 7.97. The van der Waals surface area contributed by atoms with Gasteiger partial charge in [0, 0.05) is 4.90 Å². The first-order chi connectivity index (χ1) is 7.75. The summed E-state index contributed by atoms with van der Waals surface area (Å²) in [6.45, 7) is 1.98. The van der Waals surface area contributed by atoms with Crippen molar-refractivity contribution < 1.29 is 4.79 Å². The highest BCUT2D eigenvalue weighted by atomic mass is 32.2. The number of fused-ring (bicyclic) bond motifs is 1. The molecule has 2 rings (SSSR count). The lowest BCUT2D eigenvalue weighted by molar-refractivity contribution is -0.115. The molecule has 0 bridgehead atoms. The van der Waals surface area contributed by atoms with Crippen LogP contribution < -0.4 is 4.72 Å². The van der Waals surface area contributed by atoms with E-state index in [9.17, 15) is 4.79 Å². The molecule has 16 heavy (non-hydrogen) atoms. The van der Waals surface area contributed by atoms with Crippen molar-refractivity contribution in [3.63, 3.8) is 0 Å². The lowest BCUT2D eigenvalue weighted by Crippen LogP contribution is -2.12. The summed E-state index contributed by atoms with van der Waals surface area (Å²) in [6.07, 6.45) is 0. The number of hydrogen-bond donors (Lipinski definition) is 1. The van der Waals surface area contributed by atoms with E-state index in [1.54, 1.807) is 6.92 Å². The number of hydrogen-bond acceptors (Lipinski definition) is 3. The molecule has 0 atom stereocenters. The van der Waals surface area contributed by atoms with Gasteiger partial charge in [0.05, 0.1) is 6.54 Å². The molecule has 1 N–H and O–H groups in total. The fourth-order valence-electron chi connectivity index (χ4n) is 1.45. The highest BCUT2D eigenvalue weighted by Gasteiger charge is 1.97. The summed E-state index contributed by atoms with van der Waals surface area (Å²) in [6, 6.07) is 14.5. The van der Waals surface area contributed by atoms with E-state index in [1.807, 2.05) is 12.1 Å². The van der Waals surface area contributed by atoms with Crippen LogP contribution in [0.1, 0.15) is 6.92 Å². The van der Waals surface area contributed by atoms with E-state index in [0.717, 1.165) is 4.90 Å². The van der Waals surface area contributed by atoms with E-state index in [2.05, 4.69) is 35.1 Å². The van der Waals surface area contributed by atoms with Crippen molar-refractivity contribution in [1.82, 2.24) is 4.72 Å². The van der Waals surface area contributed by atoms with Crippen molar-refractivity contribution >= 4 is 28.5 Å². The van der Waals surface area contributed by atoms with E-state index in [-0.39, 0.29) is 5.78 Å². The van der Waals surface area contributed by atoms with Crippen molar-refractivity contribution in [2.24, 2.45) is 0 Å². The number of carbonyl (C=O) groups excluding carboxylic acids is 1. The predicted octanol–water partition coefficient (Wildman–Crippen LogP) is 3.03. The molecule has 0 fully saturated rings. The topological polar surface area (TPSA) is 29.1 Å². The van der Waals surface area contributed by atoms with Crippen molar-refractivity contribution in [1.29, 1.82) is 0 Å². The summed E-state index contributed by atoms with van der Waals surface area (Å²) >= 11 is 1.49. The standard InChI is InChI=1S/C13H13NOS/c1-10(15)9-14-16-13-7-6-11-4-2-3-5-12(11)8-13/h2-8,14H,9H2,1H3. The maximum Gasteiger partial charge on any atom is 0.144 e. The monoisotopic (exact) mass is 231 g/mol. The first-order valence-electron chi connectivity index (χ1n) is 5.13. The van der Waals surface area contributed by atoms with Gasteiger partial charge in [0.1, 0.15) is 5.78 Å². The minimum Gasteiger partial charge on any atom is -0.299 e. The number of benzene rings is 2. The first kappa shape index (κ1) is 11.2. The molecule has 0 aliphatic rings. The van der Waals surface area contributed by atoms with Crippen LogP contribution in [0.25, 0.3) is 10.8 Å². The summed E-state index contributed by atoms with van der Waals surface area (Å²) in [7, 11) is 0. The van der Waals surface area contributed by atoms with Gasteiger partial charge in [-0.25, -0.2) is 0 Å². The Morgan fingerprint density at radius 2 is 1.94 bits per heavy atom. The van der Waals surface area contributed by atoms with Crippen molar-refractivity contribution in [2.45, 2.75) is 11.8 Å². The molecular formula is C13H13NOS. The van der Waals surface area contributed by atoms with Gasteiger partial charge in [-0.15, -0.1) is 0 Å². The molecule has 0 aliphatic carbocycles. The zero-order valence-corrected chi connectivity index (χ0v) is 9.88. The molecule has 0 radical (unpaired) electrons.